The molecule has 0 aromatic carbocycles. The Morgan fingerprint density at radius 1 is 1.60 bits per heavy atom. The maximum Gasteiger partial charge on any atom is 0.305 e. The summed E-state index contributed by atoms with van der Waals surface area (Å²) >= 11 is 2.21. The number of hydrogen-bond donors (Lipinski definition) is 0. The molecule has 0 fully saturated rings. The third kappa shape index (κ3) is 6.32. The first kappa shape index (κ1) is 10.2. The Morgan fingerprint density at radius 3 is 2.80 bits per heavy atom. The smallest absolute Gasteiger partial charge is 0.305 e. The summed E-state index contributed by atoms with van der Waals surface area (Å²) < 4.78 is 6.56. The highest BCUT2D eigenvalue weighted by Crippen LogP contribution is 2.05. The molecule has 3 heteroatoms. The van der Waals surface area contributed by atoms with E-state index in [1.807, 2.05) is 0 Å². The molecule has 0 rings (SSSR count). The van der Waals surface area contributed by atoms with E-state index >= 15 is 0 Å². The monoisotopic (exact) mass is 255 g/mol. The number of unbranched alkanes of at least 4 members (excludes halogenated alkanes) is 2. The molecule has 1 radical (unpaired) electrons. The Hall–Kier alpha value is 0.200. The van der Waals surface area contributed by atoms with Crippen LogP contribution in [0.2, 0.25) is 0 Å². The second-order valence-corrected chi connectivity index (χ2v) is 2.86. The highest BCUT2D eigenvalue weighted by molar-refractivity contribution is 14.1. The molecule has 0 aliphatic rings. The standard InChI is InChI=1S/C7H12IO2/c1-10-7(9)5-3-2-4-6-8/h6H,2-5H2,1H3. The van der Waals surface area contributed by atoms with Crippen molar-refractivity contribution in [1.82, 2.24) is 0 Å². The first-order chi connectivity index (χ1) is 4.81. The predicted octanol–water partition coefficient (Wildman–Crippen LogP) is 2.32. The van der Waals surface area contributed by atoms with Crippen LogP contribution in [0.1, 0.15) is 25.7 Å². The van der Waals surface area contributed by atoms with Gasteiger partial charge in [-0.25, -0.2) is 0 Å². The van der Waals surface area contributed by atoms with Gasteiger partial charge in [-0.3, -0.25) is 4.79 Å². The minimum atomic E-state index is -0.103. The van der Waals surface area contributed by atoms with E-state index in [9.17, 15) is 4.79 Å². The van der Waals surface area contributed by atoms with E-state index in [2.05, 4.69) is 31.8 Å². The minimum absolute atomic E-state index is 0.103. The van der Waals surface area contributed by atoms with Gasteiger partial charge in [0.1, 0.15) is 0 Å². The van der Waals surface area contributed by atoms with Gasteiger partial charge in [-0.05, 0) is 12.8 Å². The average molecular weight is 255 g/mol. The maximum absolute atomic E-state index is 10.5. The van der Waals surface area contributed by atoms with Gasteiger partial charge in [-0.1, -0.05) is 29.0 Å². The molecule has 0 aromatic rings. The second-order valence-electron chi connectivity index (χ2n) is 1.98. The van der Waals surface area contributed by atoms with Crippen molar-refractivity contribution in [2.45, 2.75) is 25.7 Å². The predicted molar refractivity (Wildman–Crippen MR) is 48.8 cm³/mol. The third-order valence-corrected chi connectivity index (χ3v) is 1.79. The van der Waals surface area contributed by atoms with Crippen molar-refractivity contribution in [1.29, 1.82) is 0 Å². The Kier molecular flexibility index (Phi) is 7.45. The molecule has 0 bridgehead atoms. The molecular weight excluding hydrogens is 243 g/mol. The normalized spacial score (nSPS) is 9.40. The molecule has 0 aromatic heterocycles. The fraction of sp³-hybridized carbons (Fsp3) is 0.714. The fourth-order valence-electron chi connectivity index (χ4n) is 0.593. The zero-order valence-corrected chi connectivity index (χ0v) is 8.26. The molecule has 0 saturated heterocycles. The minimum Gasteiger partial charge on any atom is -0.469 e. The van der Waals surface area contributed by atoms with Crippen molar-refractivity contribution in [2.75, 3.05) is 7.11 Å². The Balaban J connectivity index is 2.96. The van der Waals surface area contributed by atoms with Gasteiger partial charge in [0.05, 0.1) is 7.11 Å². The molecule has 0 spiro atoms. The summed E-state index contributed by atoms with van der Waals surface area (Å²) in [5.74, 6) is -0.103. The molecule has 0 N–H and O–H groups in total. The molecule has 0 saturated carbocycles. The van der Waals surface area contributed by atoms with Crippen molar-refractivity contribution in [3.63, 3.8) is 0 Å². The lowest BCUT2D eigenvalue weighted by Gasteiger charge is -1.96. The Morgan fingerprint density at radius 2 is 2.30 bits per heavy atom. The molecular formula is C7H12IO2. The lowest BCUT2D eigenvalue weighted by Crippen LogP contribution is -1.98. The van der Waals surface area contributed by atoms with Crippen LogP contribution < -0.4 is 0 Å². The molecule has 0 unspecified atom stereocenters. The summed E-state index contributed by atoms with van der Waals surface area (Å²) in [5.41, 5.74) is 0. The number of carbonyl (C=O) groups excluding carboxylic acids is 1. The van der Waals surface area contributed by atoms with Crippen LogP contribution in [-0.4, -0.2) is 13.1 Å². The van der Waals surface area contributed by atoms with Crippen molar-refractivity contribution in [3.8, 4) is 0 Å². The van der Waals surface area contributed by atoms with Gasteiger partial charge in [-0.15, -0.1) is 0 Å². The van der Waals surface area contributed by atoms with Gasteiger partial charge in [0.15, 0.2) is 0 Å². The number of esters is 1. The van der Waals surface area contributed by atoms with Crippen LogP contribution >= 0.6 is 22.6 Å². The molecule has 10 heavy (non-hydrogen) atoms. The van der Waals surface area contributed by atoms with E-state index in [4.69, 9.17) is 0 Å². The van der Waals surface area contributed by atoms with E-state index in [0.29, 0.717) is 6.42 Å². The number of methoxy groups -OCH3 is 1. The number of hydrogen-bond acceptors (Lipinski definition) is 2. The first-order valence-electron chi connectivity index (χ1n) is 3.30. The van der Waals surface area contributed by atoms with Crippen LogP contribution in [0.15, 0.2) is 0 Å². The first-order valence-corrected chi connectivity index (χ1v) is 4.54. The van der Waals surface area contributed by atoms with Crippen molar-refractivity contribution < 1.29 is 9.53 Å². The highest BCUT2D eigenvalue weighted by Gasteiger charge is 1.97. The van der Waals surface area contributed by atoms with E-state index in [-0.39, 0.29) is 5.97 Å². The van der Waals surface area contributed by atoms with Gasteiger partial charge in [-0.2, -0.15) is 0 Å². The summed E-state index contributed by atoms with van der Waals surface area (Å²) in [6.45, 7) is 0. The van der Waals surface area contributed by atoms with Crippen LogP contribution in [0, 0.1) is 4.43 Å². The van der Waals surface area contributed by atoms with Gasteiger partial charge in [0, 0.05) is 10.8 Å². The Bertz CT molecular complexity index is 93.6. The maximum atomic E-state index is 10.5. The Labute approximate surface area is 75.5 Å². The van der Waals surface area contributed by atoms with Crippen LogP contribution in [0.3, 0.4) is 0 Å². The molecule has 0 amide bonds. The number of ether oxygens (including phenoxy) is 1. The topological polar surface area (TPSA) is 26.3 Å². The fourth-order valence-corrected chi connectivity index (χ4v) is 1.03. The van der Waals surface area contributed by atoms with E-state index < -0.39 is 0 Å². The molecule has 0 atom stereocenters. The summed E-state index contributed by atoms with van der Waals surface area (Å²) in [4.78, 5) is 10.5. The average Bonchev–Trinajstić information content (AvgIpc) is 1.98. The summed E-state index contributed by atoms with van der Waals surface area (Å²) in [6.07, 6.45) is 3.66. The quantitative estimate of drug-likeness (QED) is 0.428. The largest absolute Gasteiger partial charge is 0.469 e. The van der Waals surface area contributed by atoms with E-state index in [1.54, 1.807) is 0 Å². The van der Waals surface area contributed by atoms with E-state index in [0.717, 1.165) is 19.3 Å². The van der Waals surface area contributed by atoms with Crippen LogP contribution in [-0.2, 0) is 9.53 Å². The van der Waals surface area contributed by atoms with Gasteiger partial charge in [0.25, 0.3) is 0 Å². The van der Waals surface area contributed by atoms with Crippen LogP contribution in [0.4, 0.5) is 0 Å². The zero-order chi connectivity index (χ0) is 7.82. The highest BCUT2D eigenvalue weighted by atomic mass is 127. The second kappa shape index (κ2) is 7.31. The molecule has 0 aliphatic carbocycles. The van der Waals surface area contributed by atoms with E-state index in [1.165, 1.54) is 7.11 Å². The van der Waals surface area contributed by atoms with Crippen molar-refractivity contribution in [3.05, 3.63) is 4.43 Å². The summed E-state index contributed by atoms with van der Waals surface area (Å²) in [5, 5.41) is 0. The summed E-state index contributed by atoms with van der Waals surface area (Å²) in [6, 6.07) is 0. The number of halogens is 1. The molecule has 0 heterocycles. The number of carbonyl (C=O) groups is 1. The molecule has 0 aliphatic heterocycles. The number of rotatable bonds is 5. The van der Waals surface area contributed by atoms with Crippen molar-refractivity contribution >= 4 is 28.6 Å². The molecule has 59 valence electrons. The van der Waals surface area contributed by atoms with Gasteiger partial charge >= 0.3 is 5.97 Å². The molecule has 2 nitrogen and oxygen atoms in total. The third-order valence-electron chi connectivity index (χ3n) is 1.17. The SMILES string of the molecule is COC(=O)CCCC[CH]I. The van der Waals surface area contributed by atoms with Crippen molar-refractivity contribution in [2.24, 2.45) is 0 Å². The van der Waals surface area contributed by atoms with Crippen LogP contribution in [0.5, 0.6) is 0 Å². The zero-order valence-electron chi connectivity index (χ0n) is 6.10. The lowest BCUT2D eigenvalue weighted by molar-refractivity contribution is -0.140. The summed E-state index contributed by atoms with van der Waals surface area (Å²) in [7, 11) is 1.42. The van der Waals surface area contributed by atoms with Crippen LogP contribution in [0.25, 0.3) is 0 Å². The van der Waals surface area contributed by atoms with Gasteiger partial charge < -0.3 is 4.74 Å². The lowest BCUT2D eigenvalue weighted by atomic mass is 10.2. The van der Waals surface area contributed by atoms with Gasteiger partial charge in [0.2, 0.25) is 0 Å².